The number of nitrogens with two attached hydrogens (primary N) is 1. The van der Waals surface area contributed by atoms with Gasteiger partial charge in [0.1, 0.15) is 5.75 Å². The zero-order valence-corrected chi connectivity index (χ0v) is 11.4. The van der Waals surface area contributed by atoms with Crippen molar-refractivity contribution in [1.29, 1.82) is 0 Å². The molecular weight excluding hydrogens is 242 g/mol. The van der Waals surface area contributed by atoms with E-state index in [-0.39, 0.29) is 11.9 Å². The number of hydrogen-bond acceptors (Lipinski definition) is 4. The quantitative estimate of drug-likeness (QED) is 0.721. The fourth-order valence-electron chi connectivity index (χ4n) is 1.51. The van der Waals surface area contributed by atoms with Crippen molar-refractivity contribution in [3.63, 3.8) is 0 Å². The number of rotatable bonds is 7. The molecule has 5 nitrogen and oxygen atoms in total. The van der Waals surface area contributed by atoms with Crippen LogP contribution in [-0.2, 0) is 11.2 Å². The molecule has 0 fully saturated rings. The standard InChI is InChI=1S/C14H21N3O2/c1-4-7-16-14(18)11(3)19-13-6-5-12(17-9-13)8-10(2)15/h4-6,9-11H,1,7-8,15H2,2-3H3,(H,16,18). The lowest BCUT2D eigenvalue weighted by Gasteiger charge is -2.14. The van der Waals surface area contributed by atoms with Gasteiger partial charge in [-0.2, -0.15) is 0 Å². The van der Waals surface area contributed by atoms with Gasteiger partial charge in [0.05, 0.1) is 6.20 Å². The molecule has 19 heavy (non-hydrogen) atoms. The minimum Gasteiger partial charge on any atom is -0.479 e. The summed E-state index contributed by atoms with van der Waals surface area (Å²) in [5, 5.41) is 2.67. The molecule has 104 valence electrons. The Morgan fingerprint density at radius 3 is 2.84 bits per heavy atom. The van der Waals surface area contributed by atoms with Crippen LogP contribution in [0, 0.1) is 0 Å². The molecule has 0 aliphatic rings. The molecule has 5 heteroatoms. The Morgan fingerprint density at radius 1 is 1.58 bits per heavy atom. The molecule has 0 spiro atoms. The van der Waals surface area contributed by atoms with Gasteiger partial charge in [0.15, 0.2) is 6.10 Å². The minimum atomic E-state index is -0.568. The van der Waals surface area contributed by atoms with Crippen molar-refractivity contribution in [3.05, 3.63) is 36.7 Å². The van der Waals surface area contributed by atoms with E-state index in [1.165, 1.54) is 0 Å². The number of pyridine rings is 1. The molecule has 0 aromatic carbocycles. The van der Waals surface area contributed by atoms with E-state index in [4.69, 9.17) is 10.5 Å². The maximum Gasteiger partial charge on any atom is 0.261 e. The maximum absolute atomic E-state index is 11.6. The summed E-state index contributed by atoms with van der Waals surface area (Å²) in [7, 11) is 0. The van der Waals surface area contributed by atoms with Crippen LogP contribution in [-0.4, -0.2) is 29.6 Å². The first-order valence-corrected chi connectivity index (χ1v) is 6.28. The highest BCUT2D eigenvalue weighted by molar-refractivity contribution is 5.80. The van der Waals surface area contributed by atoms with Crippen molar-refractivity contribution >= 4 is 5.91 Å². The van der Waals surface area contributed by atoms with Crippen LogP contribution in [0.4, 0.5) is 0 Å². The smallest absolute Gasteiger partial charge is 0.261 e. The number of ether oxygens (including phenoxy) is 1. The summed E-state index contributed by atoms with van der Waals surface area (Å²) in [6.07, 6.45) is 3.38. The van der Waals surface area contributed by atoms with E-state index in [2.05, 4.69) is 16.9 Å². The zero-order valence-electron chi connectivity index (χ0n) is 11.4. The van der Waals surface area contributed by atoms with Crippen LogP contribution in [0.1, 0.15) is 19.5 Å². The highest BCUT2D eigenvalue weighted by Gasteiger charge is 2.13. The van der Waals surface area contributed by atoms with Gasteiger partial charge in [0, 0.05) is 24.7 Å². The molecule has 2 atom stereocenters. The Hall–Kier alpha value is -1.88. The zero-order chi connectivity index (χ0) is 14.3. The van der Waals surface area contributed by atoms with Crippen LogP contribution in [0.3, 0.4) is 0 Å². The normalized spacial score (nSPS) is 13.4. The number of nitrogens with zero attached hydrogens (tertiary/aromatic N) is 1. The number of nitrogens with one attached hydrogen (secondary N) is 1. The van der Waals surface area contributed by atoms with Crippen LogP contribution in [0.15, 0.2) is 31.0 Å². The molecule has 3 N–H and O–H groups in total. The highest BCUT2D eigenvalue weighted by Crippen LogP contribution is 2.12. The van der Waals surface area contributed by atoms with Gasteiger partial charge in [-0.1, -0.05) is 6.08 Å². The first kappa shape index (κ1) is 15.2. The third-order valence-corrected chi connectivity index (χ3v) is 2.43. The van der Waals surface area contributed by atoms with E-state index in [1.807, 2.05) is 13.0 Å². The summed E-state index contributed by atoms with van der Waals surface area (Å²) in [5.74, 6) is 0.384. The van der Waals surface area contributed by atoms with Gasteiger partial charge in [0.2, 0.25) is 0 Å². The van der Waals surface area contributed by atoms with Gasteiger partial charge < -0.3 is 15.8 Å². The third-order valence-electron chi connectivity index (χ3n) is 2.43. The van der Waals surface area contributed by atoms with Crippen molar-refractivity contribution in [3.8, 4) is 5.75 Å². The molecule has 2 unspecified atom stereocenters. The molecule has 0 saturated heterocycles. The Morgan fingerprint density at radius 2 is 2.32 bits per heavy atom. The molecule has 0 aliphatic carbocycles. The van der Waals surface area contributed by atoms with E-state index in [1.54, 1.807) is 25.3 Å². The van der Waals surface area contributed by atoms with Crippen molar-refractivity contribution in [1.82, 2.24) is 10.3 Å². The molecule has 1 aromatic rings. The van der Waals surface area contributed by atoms with E-state index in [0.717, 1.165) is 12.1 Å². The molecule has 1 rings (SSSR count). The van der Waals surface area contributed by atoms with Crippen LogP contribution in [0.5, 0.6) is 5.75 Å². The molecule has 1 amide bonds. The highest BCUT2D eigenvalue weighted by atomic mass is 16.5. The van der Waals surface area contributed by atoms with Crippen LogP contribution in [0.25, 0.3) is 0 Å². The van der Waals surface area contributed by atoms with E-state index < -0.39 is 6.10 Å². The number of amides is 1. The van der Waals surface area contributed by atoms with Crippen molar-refractivity contribution in [2.24, 2.45) is 5.73 Å². The number of aromatic nitrogens is 1. The number of hydrogen-bond donors (Lipinski definition) is 2. The van der Waals surface area contributed by atoms with E-state index >= 15 is 0 Å². The topological polar surface area (TPSA) is 77.2 Å². The largest absolute Gasteiger partial charge is 0.479 e. The fourth-order valence-corrected chi connectivity index (χ4v) is 1.51. The summed E-state index contributed by atoms with van der Waals surface area (Å²) in [6.45, 7) is 7.58. The molecule has 0 radical (unpaired) electrons. The number of carbonyl (C=O) groups is 1. The van der Waals surface area contributed by atoms with Gasteiger partial charge in [0.25, 0.3) is 5.91 Å². The Bertz CT molecular complexity index is 415. The summed E-state index contributed by atoms with van der Waals surface area (Å²) in [6, 6.07) is 3.72. The minimum absolute atomic E-state index is 0.0721. The molecule has 0 saturated carbocycles. The average Bonchev–Trinajstić information content (AvgIpc) is 2.37. The summed E-state index contributed by atoms with van der Waals surface area (Å²) in [5.41, 5.74) is 6.61. The van der Waals surface area contributed by atoms with Crippen LogP contribution < -0.4 is 15.8 Å². The molecular formula is C14H21N3O2. The third kappa shape index (κ3) is 5.52. The lowest BCUT2D eigenvalue weighted by atomic mass is 10.2. The van der Waals surface area contributed by atoms with Crippen LogP contribution in [0.2, 0.25) is 0 Å². The van der Waals surface area contributed by atoms with Gasteiger partial charge >= 0.3 is 0 Å². The summed E-state index contributed by atoms with van der Waals surface area (Å²) >= 11 is 0. The van der Waals surface area contributed by atoms with Gasteiger partial charge in [-0.15, -0.1) is 6.58 Å². The van der Waals surface area contributed by atoms with Crippen molar-refractivity contribution in [2.45, 2.75) is 32.4 Å². The van der Waals surface area contributed by atoms with E-state index in [0.29, 0.717) is 12.3 Å². The Labute approximate surface area is 113 Å². The molecule has 0 bridgehead atoms. The Balaban J connectivity index is 2.52. The fraction of sp³-hybridized carbons (Fsp3) is 0.429. The second kappa shape index (κ2) is 7.53. The first-order valence-electron chi connectivity index (χ1n) is 6.28. The SMILES string of the molecule is C=CCNC(=O)C(C)Oc1ccc(CC(C)N)nc1. The summed E-state index contributed by atoms with van der Waals surface area (Å²) in [4.78, 5) is 15.8. The average molecular weight is 263 g/mol. The summed E-state index contributed by atoms with van der Waals surface area (Å²) < 4.78 is 5.49. The lowest BCUT2D eigenvalue weighted by molar-refractivity contribution is -0.127. The van der Waals surface area contributed by atoms with Crippen molar-refractivity contribution in [2.75, 3.05) is 6.54 Å². The van der Waals surface area contributed by atoms with Gasteiger partial charge in [-0.3, -0.25) is 9.78 Å². The Kier molecular flexibility index (Phi) is 6.02. The lowest BCUT2D eigenvalue weighted by Crippen LogP contribution is -2.36. The second-order valence-corrected chi connectivity index (χ2v) is 4.46. The number of carbonyl (C=O) groups excluding carboxylic acids is 1. The predicted molar refractivity (Wildman–Crippen MR) is 74.9 cm³/mol. The van der Waals surface area contributed by atoms with Gasteiger partial charge in [-0.25, -0.2) is 0 Å². The molecule has 0 aliphatic heterocycles. The monoisotopic (exact) mass is 263 g/mol. The van der Waals surface area contributed by atoms with Crippen molar-refractivity contribution < 1.29 is 9.53 Å². The first-order chi connectivity index (χ1) is 9.02. The van der Waals surface area contributed by atoms with Gasteiger partial charge in [-0.05, 0) is 26.0 Å². The molecule has 1 aromatic heterocycles. The van der Waals surface area contributed by atoms with E-state index in [9.17, 15) is 4.79 Å². The molecule has 1 heterocycles. The second-order valence-electron chi connectivity index (χ2n) is 4.46. The maximum atomic E-state index is 11.6. The predicted octanol–water partition coefficient (Wildman–Crippen LogP) is 1.04. The van der Waals surface area contributed by atoms with Crippen LogP contribution >= 0.6 is 0 Å².